The Morgan fingerprint density at radius 3 is 2.70 bits per heavy atom. The first-order chi connectivity index (χ1) is 4.81. The molecule has 0 spiro atoms. The molecule has 0 aromatic carbocycles. The van der Waals surface area contributed by atoms with Gasteiger partial charge < -0.3 is 14.6 Å². The highest BCUT2D eigenvalue weighted by molar-refractivity contribution is 6.49. The molecule has 3 nitrogen and oxygen atoms in total. The summed E-state index contributed by atoms with van der Waals surface area (Å²) in [6, 6.07) is 0. The van der Waals surface area contributed by atoms with Gasteiger partial charge in [0.05, 0.1) is 0 Å². The summed E-state index contributed by atoms with van der Waals surface area (Å²) in [6.07, 6.45) is 3.73. The van der Waals surface area contributed by atoms with Crippen molar-refractivity contribution in [1.82, 2.24) is 0 Å². The zero-order chi connectivity index (χ0) is 7.82. The second-order valence-electron chi connectivity index (χ2n) is 2.19. The molecule has 1 radical (unpaired) electrons. The topological polar surface area (TPSA) is 49.7 Å². The maximum absolute atomic E-state index is 8.86. The molecule has 0 atom stereocenters. The molecular weight excluding hydrogens is 130 g/mol. The van der Waals surface area contributed by atoms with E-state index in [1.807, 2.05) is 0 Å². The molecule has 10 heavy (non-hydrogen) atoms. The molecule has 0 saturated carbocycles. The Hall–Kier alpha value is 0.00987. The van der Waals surface area contributed by atoms with Crippen molar-refractivity contribution >= 4 is 14.8 Å². The SMILES string of the molecule is CCCCCB(O)O[B]O. The average molecular weight is 143 g/mol. The summed E-state index contributed by atoms with van der Waals surface area (Å²) in [5.41, 5.74) is 0. The summed E-state index contributed by atoms with van der Waals surface area (Å²) in [6.45, 7) is 2.09. The Labute approximate surface area is 62.9 Å². The van der Waals surface area contributed by atoms with Gasteiger partial charge in [0.15, 0.2) is 0 Å². The van der Waals surface area contributed by atoms with Crippen LogP contribution in [0.1, 0.15) is 26.2 Å². The third-order valence-electron chi connectivity index (χ3n) is 1.27. The van der Waals surface area contributed by atoms with E-state index < -0.39 is 7.12 Å². The highest BCUT2D eigenvalue weighted by Gasteiger charge is 2.10. The lowest BCUT2D eigenvalue weighted by Crippen LogP contribution is -2.19. The van der Waals surface area contributed by atoms with Crippen LogP contribution in [0, 0.1) is 0 Å². The molecule has 0 aromatic heterocycles. The van der Waals surface area contributed by atoms with Crippen LogP contribution in [0.25, 0.3) is 0 Å². The second kappa shape index (κ2) is 7.12. The van der Waals surface area contributed by atoms with Crippen molar-refractivity contribution in [2.75, 3.05) is 0 Å². The van der Waals surface area contributed by atoms with Gasteiger partial charge in [-0.15, -0.1) is 0 Å². The van der Waals surface area contributed by atoms with Crippen LogP contribution in [-0.4, -0.2) is 24.9 Å². The Bertz CT molecular complexity index is 71.9. The quantitative estimate of drug-likeness (QED) is 0.412. The molecule has 0 amide bonds. The van der Waals surface area contributed by atoms with Crippen LogP contribution in [0.4, 0.5) is 0 Å². The molecular formula is C5H13B2O3. The van der Waals surface area contributed by atoms with Crippen LogP contribution in [0.5, 0.6) is 0 Å². The van der Waals surface area contributed by atoms with E-state index in [1.54, 1.807) is 0 Å². The Kier molecular flexibility index (Phi) is 7.13. The fraction of sp³-hybridized carbons (Fsp3) is 1.00. The third kappa shape index (κ3) is 6.13. The first kappa shape index (κ1) is 10.0. The number of hydrogen-bond acceptors (Lipinski definition) is 3. The van der Waals surface area contributed by atoms with Gasteiger partial charge in [-0.1, -0.05) is 26.2 Å². The van der Waals surface area contributed by atoms with E-state index in [9.17, 15) is 0 Å². The molecule has 0 aliphatic heterocycles. The van der Waals surface area contributed by atoms with Crippen molar-refractivity contribution in [2.24, 2.45) is 0 Å². The predicted octanol–water partition coefficient (Wildman–Crippen LogP) is 0.200. The van der Waals surface area contributed by atoms with E-state index in [-0.39, 0.29) is 0 Å². The predicted molar refractivity (Wildman–Crippen MR) is 41.4 cm³/mol. The lowest BCUT2D eigenvalue weighted by molar-refractivity contribution is 0.376. The fourth-order valence-corrected chi connectivity index (χ4v) is 0.707. The van der Waals surface area contributed by atoms with Crippen molar-refractivity contribution in [1.29, 1.82) is 0 Å². The Balaban J connectivity index is 2.97. The summed E-state index contributed by atoms with van der Waals surface area (Å²) in [5.74, 6) is 0. The fourth-order valence-electron chi connectivity index (χ4n) is 0.707. The highest BCUT2D eigenvalue weighted by Crippen LogP contribution is 2.01. The molecule has 0 aliphatic rings. The molecule has 0 unspecified atom stereocenters. The van der Waals surface area contributed by atoms with E-state index in [4.69, 9.17) is 10.0 Å². The number of unbranched alkanes of at least 4 members (excludes halogenated alkanes) is 2. The maximum atomic E-state index is 8.86. The smallest absolute Gasteiger partial charge is 0.453 e. The lowest BCUT2D eigenvalue weighted by atomic mass is 9.81. The van der Waals surface area contributed by atoms with Crippen LogP contribution in [-0.2, 0) is 4.57 Å². The van der Waals surface area contributed by atoms with Crippen molar-refractivity contribution in [3.05, 3.63) is 0 Å². The van der Waals surface area contributed by atoms with E-state index in [0.29, 0.717) is 14.0 Å². The molecule has 2 N–H and O–H groups in total. The van der Waals surface area contributed by atoms with Gasteiger partial charge in [0.25, 0.3) is 0 Å². The monoisotopic (exact) mass is 143 g/mol. The molecule has 0 fully saturated rings. The van der Waals surface area contributed by atoms with Gasteiger partial charge >= 0.3 is 14.8 Å². The average Bonchev–Trinajstić information content (AvgIpc) is 1.89. The molecule has 0 heterocycles. The van der Waals surface area contributed by atoms with Gasteiger partial charge in [0.2, 0.25) is 0 Å². The molecule has 0 aliphatic carbocycles. The van der Waals surface area contributed by atoms with Crippen molar-refractivity contribution in [2.45, 2.75) is 32.5 Å². The van der Waals surface area contributed by atoms with E-state index in [0.717, 1.165) is 19.3 Å². The van der Waals surface area contributed by atoms with Gasteiger partial charge in [-0.2, -0.15) is 0 Å². The third-order valence-corrected chi connectivity index (χ3v) is 1.27. The Morgan fingerprint density at radius 2 is 2.20 bits per heavy atom. The van der Waals surface area contributed by atoms with Gasteiger partial charge in [-0.05, 0) is 6.32 Å². The maximum Gasteiger partial charge on any atom is 0.470 e. The highest BCUT2D eigenvalue weighted by atomic mass is 16.5. The minimum absolute atomic E-state index is 0.524. The van der Waals surface area contributed by atoms with Crippen LogP contribution in [0.2, 0.25) is 6.32 Å². The zero-order valence-corrected chi connectivity index (χ0v) is 6.29. The van der Waals surface area contributed by atoms with Gasteiger partial charge in [0, 0.05) is 0 Å². The molecule has 0 saturated heterocycles. The molecule has 5 heteroatoms. The Morgan fingerprint density at radius 1 is 1.50 bits per heavy atom. The van der Waals surface area contributed by atoms with Crippen molar-refractivity contribution in [3.63, 3.8) is 0 Å². The van der Waals surface area contributed by atoms with Gasteiger partial charge in [0.1, 0.15) is 0 Å². The van der Waals surface area contributed by atoms with Crippen LogP contribution >= 0.6 is 0 Å². The summed E-state index contributed by atoms with van der Waals surface area (Å²) in [5, 5.41) is 16.9. The molecule has 0 rings (SSSR count). The number of rotatable bonds is 6. The second-order valence-corrected chi connectivity index (χ2v) is 2.19. The van der Waals surface area contributed by atoms with Crippen molar-refractivity contribution < 1.29 is 14.6 Å². The minimum atomic E-state index is -0.837. The van der Waals surface area contributed by atoms with E-state index in [1.165, 1.54) is 0 Å². The van der Waals surface area contributed by atoms with E-state index in [2.05, 4.69) is 11.5 Å². The summed E-state index contributed by atoms with van der Waals surface area (Å²) in [7, 11) is -0.312. The largest absolute Gasteiger partial charge is 0.470 e. The normalized spacial score (nSPS) is 9.50. The molecule has 0 aromatic rings. The standard InChI is InChI=1S/C5H13B2O3/c1-2-3-4-5-7(9)10-6-8/h8-9H,2-5H2,1H3. The van der Waals surface area contributed by atoms with Crippen molar-refractivity contribution in [3.8, 4) is 0 Å². The molecule has 57 valence electrons. The first-order valence-corrected chi connectivity index (χ1v) is 3.60. The number of hydrogen-bond donors (Lipinski definition) is 2. The summed E-state index contributed by atoms with van der Waals surface area (Å²) < 4.78 is 4.37. The molecule has 0 bridgehead atoms. The van der Waals surface area contributed by atoms with Gasteiger partial charge in [-0.3, -0.25) is 0 Å². The minimum Gasteiger partial charge on any atom is -0.453 e. The lowest BCUT2D eigenvalue weighted by Gasteiger charge is -2.02. The van der Waals surface area contributed by atoms with Crippen LogP contribution < -0.4 is 0 Å². The first-order valence-electron chi connectivity index (χ1n) is 3.60. The zero-order valence-electron chi connectivity index (χ0n) is 6.29. The summed E-state index contributed by atoms with van der Waals surface area (Å²) in [4.78, 5) is 0. The van der Waals surface area contributed by atoms with Gasteiger partial charge in [-0.25, -0.2) is 0 Å². The van der Waals surface area contributed by atoms with Crippen LogP contribution in [0.3, 0.4) is 0 Å². The summed E-state index contributed by atoms with van der Waals surface area (Å²) >= 11 is 0. The van der Waals surface area contributed by atoms with E-state index >= 15 is 0 Å². The van der Waals surface area contributed by atoms with Crippen LogP contribution in [0.15, 0.2) is 0 Å².